The summed E-state index contributed by atoms with van der Waals surface area (Å²) in [5.74, 6) is -3.24. The van der Waals surface area contributed by atoms with Crippen LogP contribution >= 0.6 is 23.2 Å². The first-order valence-corrected chi connectivity index (χ1v) is 11.9. The second-order valence-corrected chi connectivity index (χ2v) is 9.16. The van der Waals surface area contributed by atoms with Crippen molar-refractivity contribution in [3.8, 4) is 5.75 Å². The first-order chi connectivity index (χ1) is 16.7. The highest BCUT2D eigenvalue weighted by Gasteiger charge is 2.34. The first kappa shape index (κ1) is 26.5. The summed E-state index contributed by atoms with van der Waals surface area (Å²) >= 11 is 12.8. The Hall–Kier alpha value is -3.10. The third-order valence-electron chi connectivity index (χ3n) is 5.87. The van der Waals surface area contributed by atoms with Gasteiger partial charge in [-0.2, -0.15) is 0 Å². The number of nitrogens with one attached hydrogen (secondary N) is 1. The minimum Gasteiger partial charge on any atom is -0.489 e. The van der Waals surface area contributed by atoms with Crippen LogP contribution < -0.4 is 10.1 Å². The summed E-state index contributed by atoms with van der Waals surface area (Å²) in [5.41, 5.74) is 1.14. The maximum absolute atomic E-state index is 12.7. The Labute approximate surface area is 212 Å². The highest BCUT2D eigenvalue weighted by atomic mass is 35.5. The van der Waals surface area contributed by atoms with Gasteiger partial charge in [-0.1, -0.05) is 53.5 Å². The van der Waals surface area contributed by atoms with Crippen LogP contribution in [0.5, 0.6) is 5.75 Å². The molecule has 3 rings (SSSR count). The lowest BCUT2D eigenvalue weighted by Gasteiger charge is -2.18. The van der Waals surface area contributed by atoms with Crippen molar-refractivity contribution in [3.63, 3.8) is 0 Å². The minimum absolute atomic E-state index is 0.0973. The smallest absolute Gasteiger partial charge is 0.326 e. The number of amides is 1. The van der Waals surface area contributed by atoms with Gasteiger partial charge in [-0.05, 0) is 43.4 Å². The van der Waals surface area contributed by atoms with E-state index in [2.05, 4.69) is 5.32 Å². The van der Waals surface area contributed by atoms with Crippen LogP contribution in [0.15, 0.2) is 42.5 Å². The lowest BCUT2D eigenvalue weighted by atomic mass is 10.0. The predicted octanol–water partition coefficient (Wildman–Crippen LogP) is 4.40. The topological polar surface area (TPSA) is 130 Å². The maximum atomic E-state index is 12.7. The van der Waals surface area contributed by atoms with Gasteiger partial charge in [0.2, 0.25) is 5.91 Å². The van der Waals surface area contributed by atoms with Gasteiger partial charge in [-0.25, -0.2) is 4.79 Å². The van der Waals surface area contributed by atoms with Gasteiger partial charge in [0.15, 0.2) is 5.78 Å². The van der Waals surface area contributed by atoms with Gasteiger partial charge in [-0.3, -0.25) is 14.4 Å². The maximum Gasteiger partial charge on any atom is 0.326 e. The van der Waals surface area contributed by atoms with Crippen molar-refractivity contribution < 1.29 is 34.1 Å². The Bertz CT molecular complexity index is 1110. The summed E-state index contributed by atoms with van der Waals surface area (Å²) in [6, 6.07) is 11.1. The number of ketones is 1. The Balaban J connectivity index is 1.59. The molecule has 35 heavy (non-hydrogen) atoms. The molecule has 186 valence electrons. The fourth-order valence-electron chi connectivity index (χ4n) is 3.99. The molecule has 0 heterocycles. The molecular formula is C25H25Cl2NO7. The number of carboxylic acids is 2. The molecule has 0 unspecified atom stereocenters. The number of benzene rings is 2. The molecule has 0 spiro atoms. The molecule has 1 saturated carbocycles. The van der Waals surface area contributed by atoms with Crippen LogP contribution in [0.1, 0.15) is 48.0 Å². The minimum atomic E-state index is -1.28. The Morgan fingerprint density at radius 1 is 1.00 bits per heavy atom. The number of carboxylic acid groups (broad SMARTS) is 2. The molecule has 3 atom stereocenters. The zero-order valence-corrected chi connectivity index (χ0v) is 20.2. The number of carbonyl (C=O) groups is 4. The molecule has 0 aliphatic heterocycles. The van der Waals surface area contributed by atoms with Gasteiger partial charge >= 0.3 is 11.9 Å². The SMILES string of the molecule is O=C(O)CC[C@H](NC(=O)[C@H]1CC[C@H](Oc2ccc(C(=O)Cc3ccccc3)c(Cl)c2Cl)C1)C(=O)O. The van der Waals surface area contributed by atoms with Crippen molar-refractivity contribution in [1.82, 2.24) is 5.32 Å². The summed E-state index contributed by atoms with van der Waals surface area (Å²) in [6.45, 7) is 0. The molecule has 1 aliphatic carbocycles. The highest BCUT2D eigenvalue weighted by molar-refractivity contribution is 6.44. The average Bonchev–Trinajstić information content (AvgIpc) is 3.28. The molecule has 0 bridgehead atoms. The highest BCUT2D eigenvalue weighted by Crippen LogP contribution is 2.38. The van der Waals surface area contributed by atoms with Crippen LogP contribution in [0.25, 0.3) is 0 Å². The van der Waals surface area contributed by atoms with Gasteiger partial charge in [-0.15, -0.1) is 0 Å². The van der Waals surface area contributed by atoms with Crippen LogP contribution in [0.3, 0.4) is 0 Å². The molecule has 10 heteroatoms. The van der Waals surface area contributed by atoms with Crippen molar-refractivity contribution in [2.45, 2.75) is 50.7 Å². The lowest BCUT2D eigenvalue weighted by molar-refractivity contribution is -0.143. The second kappa shape index (κ2) is 12.0. The Morgan fingerprint density at radius 3 is 2.37 bits per heavy atom. The lowest BCUT2D eigenvalue weighted by Crippen LogP contribution is -2.43. The molecule has 1 amide bonds. The van der Waals surface area contributed by atoms with Gasteiger partial charge in [0.05, 0.1) is 11.1 Å². The van der Waals surface area contributed by atoms with Crippen LogP contribution in [-0.2, 0) is 20.8 Å². The number of halogens is 2. The van der Waals surface area contributed by atoms with Crippen molar-refractivity contribution in [3.05, 3.63) is 63.6 Å². The van der Waals surface area contributed by atoms with E-state index in [9.17, 15) is 24.3 Å². The predicted molar refractivity (Wildman–Crippen MR) is 129 cm³/mol. The third-order valence-corrected chi connectivity index (χ3v) is 6.73. The van der Waals surface area contributed by atoms with Gasteiger partial charge in [0.1, 0.15) is 16.8 Å². The summed E-state index contributed by atoms with van der Waals surface area (Å²) in [5, 5.41) is 20.6. The Morgan fingerprint density at radius 2 is 1.71 bits per heavy atom. The summed E-state index contributed by atoms with van der Waals surface area (Å²) < 4.78 is 5.95. The van der Waals surface area contributed by atoms with Crippen molar-refractivity contribution in [2.75, 3.05) is 0 Å². The number of rotatable bonds is 11. The number of hydrogen-bond acceptors (Lipinski definition) is 5. The fraction of sp³-hybridized carbons (Fsp3) is 0.360. The summed E-state index contributed by atoms with van der Waals surface area (Å²) in [4.78, 5) is 47.3. The van der Waals surface area contributed by atoms with Gasteiger partial charge < -0.3 is 20.3 Å². The van der Waals surface area contributed by atoms with Crippen LogP contribution in [-0.4, -0.2) is 46.0 Å². The molecule has 0 saturated heterocycles. The Kier molecular flexibility index (Phi) is 9.12. The van der Waals surface area contributed by atoms with E-state index in [0.717, 1.165) is 5.56 Å². The van der Waals surface area contributed by atoms with Crippen molar-refractivity contribution >= 4 is 46.8 Å². The number of ether oxygens (including phenoxy) is 1. The third kappa shape index (κ3) is 7.19. The quantitative estimate of drug-likeness (QED) is 0.373. The van der Waals surface area contributed by atoms with E-state index in [1.165, 1.54) is 0 Å². The normalized spacial score (nSPS) is 18.0. The molecule has 1 aliphatic rings. The molecule has 3 N–H and O–H groups in total. The van der Waals surface area contributed by atoms with Crippen molar-refractivity contribution in [2.24, 2.45) is 5.92 Å². The molecular weight excluding hydrogens is 497 g/mol. The van der Waals surface area contributed by atoms with Crippen LogP contribution in [0.4, 0.5) is 0 Å². The van der Waals surface area contributed by atoms with E-state index in [-0.39, 0.29) is 46.8 Å². The molecule has 2 aromatic carbocycles. The summed E-state index contributed by atoms with van der Waals surface area (Å²) in [7, 11) is 0. The zero-order valence-electron chi connectivity index (χ0n) is 18.7. The fourth-order valence-corrected chi connectivity index (χ4v) is 4.47. The van der Waals surface area contributed by atoms with E-state index in [1.54, 1.807) is 12.1 Å². The first-order valence-electron chi connectivity index (χ1n) is 11.1. The standard InChI is InChI=1S/C25H25Cl2NO7/c26-22-17(19(29)12-14-4-2-1-3-5-14)8-10-20(23(22)27)35-16-7-6-15(13-16)24(32)28-18(25(33)34)9-11-21(30)31/h1-5,8,10,15-16,18H,6-7,9,11-13H2,(H,28,32)(H,30,31)(H,33,34)/t15-,16-,18-/m0/s1. The number of Topliss-reactive ketones (excluding diaryl/α,β-unsaturated/α-hetero) is 1. The van der Waals surface area contributed by atoms with Gasteiger partial charge in [0, 0.05) is 24.3 Å². The van der Waals surface area contributed by atoms with E-state index in [4.69, 9.17) is 33.0 Å². The van der Waals surface area contributed by atoms with E-state index in [1.807, 2.05) is 30.3 Å². The van der Waals surface area contributed by atoms with E-state index < -0.39 is 29.8 Å². The molecule has 8 nitrogen and oxygen atoms in total. The van der Waals surface area contributed by atoms with Gasteiger partial charge in [0.25, 0.3) is 0 Å². The van der Waals surface area contributed by atoms with Crippen LogP contribution in [0.2, 0.25) is 10.0 Å². The number of aliphatic carboxylic acids is 2. The van der Waals surface area contributed by atoms with Crippen LogP contribution in [0, 0.1) is 5.92 Å². The van der Waals surface area contributed by atoms with Crippen molar-refractivity contribution in [1.29, 1.82) is 0 Å². The zero-order chi connectivity index (χ0) is 25.5. The molecule has 1 fully saturated rings. The largest absolute Gasteiger partial charge is 0.489 e. The molecule has 0 radical (unpaired) electrons. The average molecular weight is 522 g/mol. The molecule has 2 aromatic rings. The molecule has 0 aromatic heterocycles. The van der Waals surface area contributed by atoms with E-state index >= 15 is 0 Å². The number of carbonyl (C=O) groups excluding carboxylic acids is 2. The van der Waals surface area contributed by atoms with E-state index in [0.29, 0.717) is 25.0 Å². The number of hydrogen-bond donors (Lipinski definition) is 3. The monoisotopic (exact) mass is 521 g/mol. The summed E-state index contributed by atoms with van der Waals surface area (Å²) in [6.07, 6.45) is 0.602. The second-order valence-electron chi connectivity index (χ2n) is 8.41.